The molecule has 66 valence electrons. The maximum Gasteiger partial charge on any atom is -0.00469 e. The van der Waals surface area contributed by atoms with Gasteiger partial charge >= 0.3 is 0 Å². The Morgan fingerprint density at radius 1 is 1.23 bits per heavy atom. The minimum Gasteiger partial charge on any atom is -0.0620 e. The van der Waals surface area contributed by atoms with Gasteiger partial charge in [-0.1, -0.05) is 24.3 Å². The van der Waals surface area contributed by atoms with Crippen LogP contribution in [0.4, 0.5) is 0 Å². The number of aryl methyl sites for hydroxylation is 1. The molecule has 0 radical (unpaired) electrons. The van der Waals surface area contributed by atoms with E-state index in [1.165, 1.54) is 24.8 Å². The highest BCUT2D eigenvalue weighted by Crippen LogP contribution is 2.50. The Morgan fingerprint density at radius 3 is 2.92 bits per heavy atom. The largest absolute Gasteiger partial charge is 0.0620 e. The molecule has 0 heterocycles. The molecule has 3 rings (SSSR count). The minimum atomic E-state index is 0.891. The highest BCUT2D eigenvalue weighted by atomic mass is 127. The van der Waals surface area contributed by atoms with Crippen LogP contribution in [-0.2, 0) is 6.42 Å². The van der Waals surface area contributed by atoms with Crippen molar-refractivity contribution in [3.63, 3.8) is 0 Å². The van der Waals surface area contributed by atoms with Crippen LogP contribution < -0.4 is 0 Å². The van der Waals surface area contributed by atoms with E-state index in [0.717, 1.165) is 5.92 Å². The van der Waals surface area contributed by atoms with Crippen molar-refractivity contribution in [3.8, 4) is 0 Å². The van der Waals surface area contributed by atoms with Gasteiger partial charge in [-0.05, 0) is 68.1 Å². The summed E-state index contributed by atoms with van der Waals surface area (Å²) in [4.78, 5) is 0. The van der Waals surface area contributed by atoms with Crippen molar-refractivity contribution < 1.29 is 0 Å². The summed E-state index contributed by atoms with van der Waals surface area (Å²) in [6.45, 7) is 0. The second kappa shape index (κ2) is 2.84. The van der Waals surface area contributed by atoms with Gasteiger partial charge in [0.25, 0.3) is 0 Å². The molecular formula is C12H11I. The topological polar surface area (TPSA) is 0 Å². The first-order valence-electron chi connectivity index (χ1n) is 4.83. The number of hydrogen-bond acceptors (Lipinski definition) is 0. The normalized spacial score (nSPS) is 24.8. The van der Waals surface area contributed by atoms with Crippen molar-refractivity contribution in [2.24, 2.45) is 5.92 Å². The van der Waals surface area contributed by atoms with Crippen LogP contribution in [0.15, 0.2) is 27.8 Å². The summed E-state index contributed by atoms with van der Waals surface area (Å²) in [5, 5.41) is 0. The number of benzene rings is 1. The first kappa shape index (κ1) is 8.04. The van der Waals surface area contributed by atoms with Crippen LogP contribution in [0, 0.1) is 5.92 Å². The van der Waals surface area contributed by atoms with E-state index in [4.69, 9.17) is 0 Å². The second-order valence-corrected chi connectivity index (χ2v) is 5.22. The molecular weight excluding hydrogens is 271 g/mol. The molecule has 0 aliphatic heterocycles. The summed E-state index contributed by atoms with van der Waals surface area (Å²) in [6.07, 6.45) is 4.00. The van der Waals surface area contributed by atoms with Gasteiger partial charge in [0.15, 0.2) is 0 Å². The van der Waals surface area contributed by atoms with E-state index in [1.807, 2.05) is 0 Å². The van der Waals surface area contributed by atoms with E-state index in [0.29, 0.717) is 0 Å². The van der Waals surface area contributed by atoms with Gasteiger partial charge in [0, 0.05) is 0 Å². The lowest BCUT2D eigenvalue weighted by Gasteiger charge is -2.36. The molecule has 0 fully saturated rings. The van der Waals surface area contributed by atoms with Crippen molar-refractivity contribution in [1.29, 1.82) is 0 Å². The van der Waals surface area contributed by atoms with Crippen molar-refractivity contribution in [1.82, 2.24) is 0 Å². The van der Waals surface area contributed by atoms with Gasteiger partial charge in [-0.3, -0.25) is 0 Å². The van der Waals surface area contributed by atoms with Crippen molar-refractivity contribution in [3.05, 3.63) is 39.0 Å². The van der Waals surface area contributed by atoms with Gasteiger partial charge in [0.2, 0.25) is 0 Å². The monoisotopic (exact) mass is 282 g/mol. The summed E-state index contributed by atoms with van der Waals surface area (Å²) in [7, 11) is 0. The average Bonchev–Trinajstić information content (AvgIpc) is 2.14. The van der Waals surface area contributed by atoms with Crippen LogP contribution in [-0.4, -0.2) is 0 Å². The molecule has 1 aromatic carbocycles. The summed E-state index contributed by atoms with van der Waals surface area (Å²) in [5.74, 6) is 0.891. The van der Waals surface area contributed by atoms with Crippen LogP contribution in [0.25, 0.3) is 5.57 Å². The van der Waals surface area contributed by atoms with E-state index in [-0.39, 0.29) is 0 Å². The van der Waals surface area contributed by atoms with E-state index in [2.05, 4.69) is 46.9 Å². The van der Waals surface area contributed by atoms with Crippen LogP contribution in [0.2, 0.25) is 0 Å². The number of allylic oxidation sites excluding steroid dienone is 2. The predicted molar refractivity (Wildman–Crippen MR) is 63.8 cm³/mol. The van der Waals surface area contributed by atoms with E-state index < -0.39 is 0 Å². The Labute approximate surface area is 92.2 Å². The minimum absolute atomic E-state index is 0.891. The molecule has 0 N–H and O–H groups in total. The Kier molecular flexibility index (Phi) is 1.76. The van der Waals surface area contributed by atoms with Gasteiger partial charge in [-0.25, -0.2) is 0 Å². The molecule has 0 bridgehead atoms. The van der Waals surface area contributed by atoms with Crippen molar-refractivity contribution in [2.75, 3.05) is 0 Å². The van der Waals surface area contributed by atoms with Crippen molar-refractivity contribution >= 4 is 28.2 Å². The summed E-state index contributed by atoms with van der Waals surface area (Å²) in [6, 6.07) is 8.89. The molecule has 1 heteroatoms. The lowest BCUT2D eigenvalue weighted by Crippen LogP contribution is -2.21. The smallest absolute Gasteiger partial charge is 0.00469 e. The van der Waals surface area contributed by atoms with Gasteiger partial charge in [-0.15, -0.1) is 0 Å². The standard InChI is InChI=1S/C12H11I/c13-11-7-9-6-5-8-3-1-2-4-10(8)12(9)11/h1-4,9H,5-7H2. The number of halogens is 1. The predicted octanol–water partition coefficient (Wildman–Crippen LogP) is 3.80. The zero-order chi connectivity index (χ0) is 8.84. The lowest BCUT2D eigenvalue weighted by molar-refractivity contribution is 0.557. The molecule has 0 saturated heterocycles. The molecule has 2 aliphatic carbocycles. The zero-order valence-corrected chi connectivity index (χ0v) is 9.54. The molecule has 1 atom stereocenters. The summed E-state index contributed by atoms with van der Waals surface area (Å²) < 4.78 is 1.59. The highest BCUT2D eigenvalue weighted by Gasteiger charge is 2.32. The number of fused-ring (bicyclic) bond motifs is 3. The Morgan fingerprint density at radius 2 is 2.08 bits per heavy atom. The Balaban J connectivity index is 2.21. The fourth-order valence-electron chi connectivity index (χ4n) is 2.46. The maximum atomic E-state index is 2.50. The molecule has 2 aliphatic rings. The van der Waals surface area contributed by atoms with Gasteiger partial charge in [0.05, 0.1) is 0 Å². The molecule has 0 aromatic heterocycles. The SMILES string of the molecule is IC1=C2c3ccccc3CCC2C1. The molecule has 1 unspecified atom stereocenters. The quantitative estimate of drug-likeness (QED) is 0.635. The van der Waals surface area contributed by atoms with Crippen LogP contribution in [0.5, 0.6) is 0 Å². The third-order valence-electron chi connectivity index (χ3n) is 3.20. The zero-order valence-electron chi connectivity index (χ0n) is 7.39. The first-order chi connectivity index (χ1) is 6.36. The Hall–Kier alpha value is -0.310. The second-order valence-electron chi connectivity index (χ2n) is 3.92. The fraction of sp³-hybridized carbons (Fsp3) is 0.333. The van der Waals surface area contributed by atoms with Crippen LogP contribution >= 0.6 is 22.6 Å². The van der Waals surface area contributed by atoms with E-state index in [9.17, 15) is 0 Å². The van der Waals surface area contributed by atoms with Crippen molar-refractivity contribution in [2.45, 2.75) is 19.3 Å². The summed E-state index contributed by atoms with van der Waals surface area (Å²) >= 11 is 2.50. The van der Waals surface area contributed by atoms with Gasteiger partial charge < -0.3 is 0 Å². The van der Waals surface area contributed by atoms with Gasteiger partial charge in [0.1, 0.15) is 0 Å². The summed E-state index contributed by atoms with van der Waals surface area (Å²) in [5.41, 5.74) is 4.75. The molecule has 0 amide bonds. The third kappa shape index (κ3) is 1.09. The van der Waals surface area contributed by atoms with Crippen LogP contribution in [0.1, 0.15) is 24.0 Å². The number of hydrogen-bond donors (Lipinski definition) is 0. The van der Waals surface area contributed by atoms with E-state index in [1.54, 1.807) is 14.7 Å². The fourth-order valence-corrected chi connectivity index (χ4v) is 3.72. The maximum absolute atomic E-state index is 2.50. The van der Waals surface area contributed by atoms with Gasteiger partial charge in [-0.2, -0.15) is 0 Å². The molecule has 1 aromatic rings. The molecule has 0 nitrogen and oxygen atoms in total. The highest BCUT2D eigenvalue weighted by molar-refractivity contribution is 14.1. The average molecular weight is 282 g/mol. The van der Waals surface area contributed by atoms with Crippen LogP contribution in [0.3, 0.4) is 0 Å². The Bertz CT molecular complexity index is 390. The van der Waals surface area contributed by atoms with E-state index >= 15 is 0 Å². The molecule has 0 spiro atoms. The molecule has 0 saturated carbocycles. The third-order valence-corrected chi connectivity index (χ3v) is 4.22. The number of rotatable bonds is 0. The first-order valence-corrected chi connectivity index (χ1v) is 5.91. The lowest BCUT2D eigenvalue weighted by atomic mass is 9.71. The molecule has 13 heavy (non-hydrogen) atoms.